The fraction of sp³-hybridized carbons (Fsp3) is 0.562. The Balaban J connectivity index is 1.77. The van der Waals surface area contributed by atoms with Gasteiger partial charge in [-0.1, -0.05) is 0 Å². The molecule has 1 atom stereocenters. The van der Waals surface area contributed by atoms with Crippen molar-refractivity contribution in [2.24, 2.45) is 5.92 Å². The third-order valence-electron chi connectivity index (χ3n) is 3.88. The van der Waals surface area contributed by atoms with E-state index in [1.807, 2.05) is 0 Å². The number of hydrogen-bond donors (Lipinski definition) is 1. The zero-order chi connectivity index (χ0) is 17.6. The van der Waals surface area contributed by atoms with E-state index >= 15 is 0 Å². The number of benzene rings is 1. The molecule has 1 aromatic rings. The fourth-order valence-electron chi connectivity index (χ4n) is 2.65. The lowest BCUT2D eigenvalue weighted by Gasteiger charge is -2.15. The number of halogens is 3. The lowest BCUT2D eigenvalue weighted by molar-refractivity contribution is -0.274. The van der Waals surface area contributed by atoms with Gasteiger partial charge in [0.05, 0.1) is 6.61 Å². The summed E-state index contributed by atoms with van der Waals surface area (Å²) in [5.74, 6) is -0.272. The van der Waals surface area contributed by atoms with E-state index in [4.69, 9.17) is 4.74 Å². The molecule has 0 spiro atoms. The molecule has 0 unspecified atom stereocenters. The smallest absolute Gasteiger partial charge is 0.406 e. The maximum Gasteiger partial charge on any atom is 0.573 e. The summed E-state index contributed by atoms with van der Waals surface area (Å²) in [6.07, 6.45) is -3.73. The average molecular weight is 346 g/mol. The predicted molar refractivity (Wildman–Crippen MR) is 81.9 cm³/mol. The molecular weight excluding hydrogens is 325 g/mol. The van der Waals surface area contributed by atoms with Gasteiger partial charge in [-0.3, -0.25) is 4.79 Å². The normalized spacial score (nSPS) is 18.6. The molecule has 1 saturated heterocycles. The van der Waals surface area contributed by atoms with Crippen molar-refractivity contribution in [2.45, 2.75) is 12.8 Å². The van der Waals surface area contributed by atoms with E-state index in [-0.39, 0.29) is 11.7 Å². The topological polar surface area (TPSA) is 50.8 Å². The van der Waals surface area contributed by atoms with Crippen LogP contribution in [0.3, 0.4) is 0 Å². The summed E-state index contributed by atoms with van der Waals surface area (Å²) >= 11 is 0. The van der Waals surface area contributed by atoms with Crippen molar-refractivity contribution in [3.63, 3.8) is 0 Å². The Morgan fingerprint density at radius 3 is 2.67 bits per heavy atom. The number of hydrogen-bond acceptors (Lipinski definition) is 4. The lowest BCUT2D eigenvalue weighted by atomic mass is 10.1. The molecule has 0 saturated carbocycles. The van der Waals surface area contributed by atoms with Gasteiger partial charge in [0.25, 0.3) is 5.91 Å². The van der Waals surface area contributed by atoms with E-state index in [9.17, 15) is 18.0 Å². The van der Waals surface area contributed by atoms with Crippen molar-refractivity contribution < 1.29 is 27.4 Å². The first-order valence-corrected chi connectivity index (χ1v) is 7.72. The Bertz CT molecular complexity index is 534. The molecule has 1 aliphatic heterocycles. The second-order valence-electron chi connectivity index (χ2n) is 5.73. The zero-order valence-electron chi connectivity index (χ0n) is 13.4. The third kappa shape index (κ3) is 6.01. The first kappa shape index (κ1) is 18.5. The van der Waals surface area contributed by atoms with Gasteiger partial charge in [-0.05, 0) is 43.1 Å². The second kappa shape index (κ2) is 8.34. The number of methoxy groups -OCH3 is 1. The highest BCUT2D eigenvalue weighted by molar-refractivity contribution is 5.94. The molecule has 0 bridgehead atoms. The van der Waals surface area contributed by atoms with Crippen LogP contribution < -0.4 is 10.1 Å². The van der Waals surface area contributed by atoms with Crippen LogP contribution in [0.5, 0.6) is 5.75 Å². The largest absolute Gasteiger partial charge is 0.573 e. The minimum atomic E-state index is -4.74. The quantitative estimate of drug-likeness (QED) is 0.823. The van der Waals surface area contributed by atoms with Crippen LogP contribution in [-0.2, 0) is 4.74 Å². The second-order valence-corrected chi connectivity index (χ2v) is 5.73. The highest BCUT2D eigenvalue weighted by Gasteiger charge is 2.31. The molecule has 0 aromatic heterocycles. The molecule has 1 aromatic carbocycles. The van der Waals surface area contributed by atoms with Crippen molar-refractivity contribution in [1.29, 1.82) is 0 Å². The Kier molecular flexibility index (Phi) is 6.44. The zero-order valence-corrected chi connectivity index (χ0v) is 13.4. The first-order chi connectivity index (χ1) is 11.4. The van der Waals surface area contributed by atoms with E-state index in [2.05, 4.69) is 15.0 Å². The number of carbonyl (C=O) groups is 1. The van der Waals surface area contributed by atoms with Crippen LogP contribution in [0.2, 0.25) is 0 Å². The van der Waals surface area contributed by atoms with Crippen molar-refractivity contribution in [2.75, 3.05) is 39.9 Å². The van der Waals surface area contributed by atoms with Gasteiger partial charge >= 0.3 is 6.36 Å². The van der Waals surface area contributed by atoms with Crippen molar-refractivity contribution >= 4 is 5.91 Å². The molecule has 0 radical (unpaired) electrons. The summed E-state index contributed by atoms with van der Waals surface area (Å²) < 4.78 is 45.1. The molecule has 1 heterocycles. The minimum absolute atomic E-state index is 0.302. The van der Waals surface area contributed by atoms with Crippen LogP contribution >= 0.6 is 0 Å². The van der Waals surface area contributed by atoms with E-state index in [1.165, 1.54) is 12.1 Å². The summed E-state index contributed by atoms with van der Waals surface area (Å²) in [5, 5.41) is 2.83. The van der Waals surface area contributed by atoms with Crippen LogP contribution in [-0.4, -0.2) is 57.1 Å². The summed E-state index contributed by atoms with van der Waals surface area (Å²) in [5.41, 5.74) is 0.304. The van der Waals surface area contributed by atoms with Gasteiger partial charge in [-0.25, -0.2) is 0 Å². The summed E-state index contributed by atoms with van der Waals surface area (Å²) in [7, 11) is 1.67. The fourth-order valence-corrected chi connectivity index (χ4v) is 2.65. The highest BCUT2D eigenvalue weighted by Crippen LogP contribution is 2.22. The van der Waals surface area contributed by atoms with Gasteiger partial charge in [0.15, 0.2) is 0 Å². The first-order valence-electron chi connectivity index (χ1n) is 7.72. The Morgan fingerprint density at radius 1 is 1.33 bits per heavy atom. The number of likely N-dealkylation sites (tertiary alicyclic amines) is 1. The monoisotopic (exact) mass is 346 g/mol. The summed E-state index contributed by atoms with van der Waals surface area (Å²) in [6.45, 7) is 3.99. The molecule has 24 heavy (non-hydrogen) atoms. The van der Waals surface area contributed by atoms with Crippen LogP contribution in [0.4, 0.5) is 13.2 Å². The number of carbonyl (C=O) groups excluding carboxylic acids is 1. The molecule has 134 valence electrons. The summed E-state index contributed by atoms with van der Waals surface area (Å²) in [4.78, 5) is 14.3. The molecular formula is C16H21F3N2O3. The van der Waals surface area contributed by atoms with Gasteiger partial charge in [-0.2, -0.15) is 0 Å². The van der Waals surface area contributed by atoms with Gasteiger partial charge in [0.1, 0.15) is 5.75 Å². The number of rotatable bonds is 7. The van der Waals surface area contributed by atoms with Gasteiger partial charge < -0.3 is 19.7 Å². The minimum Gasteiger partial charge on any atom is -0.406 e. The maximum absolute atomic E-state index is 12.1. The van der Waals surface area contributed by atoms with Crippen LogP contribution in [0.15, 0.2) is 24.3 Å². The number of alkyl halides is 3. The molecule has 5 nitrogen and oxygen atoms in total. The Labute approximate surface area is 138 Å². The average Bonchev–Trinajstić information content (AvgIpc) is 2.97. The molecule has 1 amide bonds. The van der Waals surface area contributed by atoms with E-state index in [0.717, 1.165) is 38.2 Å². The summed E-state index contributed by atoms with van der Waals surface area (Å²) in [6, 6.07) is 4.89. The third-order valence-corrected chi connectivity index (χ3v) is 3.88. The Morgan fingerprint density at radius 2 is 2.04 bits per heavy atom. The van der Waals surface area contributed by atoms with Crippen molar-refractivity contribution in [3.05, 3.63) is 29.8 Å². The van der Waals surface area contributed by atoms with Gasteiger partial charge in [0.2, 0.25) is 0 Å². The SMILES string of the molecule is COCCN1CC[C@H](CNC(=O)c2ccc(OC(F)(F)F)cc2)C1. The van der Waals surface area contributed by atoms with Gasteiger partial charge in [-0.15, -0.1) is 13.2 Å². The van der Waals surface area contributed by atoms with Crippen LogP contribution in [0.1, 0.15) is 16.8 Å². The number of nitrogens with zero attached hydrogens (tertiary/aromatic N) is 1. The molecule has 1 N–H and O–H groups in total. The van der Waals surface area contributed by atoms with Crippen LogP contribution in [0, 0.1) is 5.92 Å². The van der Waals surface area contributed by atoms with Crippen LogP contribution in [0.25, 0.3) is 0 Å². The molecule has 8 heteroatoms. The van der Waals surface area contributed by atoms with Crippen molar-refractivity contribution in [1.82, 2.24) is 10.2 Å². The standard InChI is InChI=1S/C16H21F3N2O3/c1-23-9-8-21-7-6-12(11-21)10-20-15(22)13-2-4-14(5-3-13)24-16(17,18)19/h2-5,12H,6-11H2,1H3,(H,20,22)/t12-/m1/s1. The molecule has 1 aliphatic rings. The molecule has 1 fully saturated rings. The van der Waals surface area contributed by atoms with Crippen molar-refractivity contribution in [3.8, 4) is 5.75 Å². The highest BCUT2D eigenvalue weighted by atomic mass is 19.4. The van der Waals surface area contributed by atoms with Gasteiger partial charge in [0, 0.05) is 32.3 Å². The van der Waals surface area contributed by atoms with E-state index in [1.54, 1.807) is 7.11 Å². The van der Waals surface area contributed by atoms with E-state index in [0.29, 0.717) is 24.6 Å². The lowest BCUT2D eigenvalue weighted by Crippen LogP contribution is -2.31. The predicted octanol–water partition coefficient (Wildman–Crippen LogP) is 2.28. The molecule has 0 aliphatic carbocycles. The maximum atomic E-state index is 12.1. The number of amides is 1. The number of nitrogens with one attached hydrogen (secondary N) is 1. The Hall–Kier alpha value is -1.80. The van der Waals surface area contributed by atoms with E-state index < -0.39 is 6.36 Å². The number of ether oxygens (including phenoxy) is 2. The molecule has 2 rings (SSSR count).